The lowest BCUT2D eigenvalue weighted by Crippen LogP contribution is -2.67. The van der Waals surface area contributed by atoms with E-state index in [1.165, 1.54) is 141 Å². The largest absolute Gasteiger partial charge is 0.270 e. The van der Waals surface area contributed by atoms with Crippen LogP contribution in [0.5, 0.6) is 0 Å². The van der Waals surface area contributed by atoms with Crippen molar-refractivity contribution in [2.45, 2.75) is 213 Å². The lowest BCUT2D eigenvalue weighted by Gasteiger charge is -2.32. The van der Waals surface area contributed by atoms with E-state index < -0.39 is 0 Å². The highest BCUT2D eigenvalue weighted by atomic mass is 16.2. The summed E-state index contributed by atoms with van der Waals surface area (Å²) >= 11 is 0. The summed E-state index contributed by atoms with van der Waals surface area (Å²) in [5.74, 6) is 0.0788. The number of amides is 2. The minimum absolute atomic E-state index is 0.0394. The zero-order valence-electron chi connectivity index (χ0n) is 31.5. The number of carbonyl (C=O) groups is 2. The first-order valence-electron chi connectivity index (χ1n) is 20.2. The van der Waals surface area contributed by atoms with Crippen molar-refractivity contribution >= 4 is 11.8 Å². The molecule has 0 aromatic heterocycles. The molecule has 0 saturated carbocycles. The summed E-state index contributed by atoms with van der Waals surface area (Å²) in [5, 5.41) is 0. The first-order chi connectivity index (χ1) is 22.5. The van der Waals surface area contributed by atoms with Crippen molar-refractivity contribution in [2.24, 2.45) is 0 Å². The van der Waals surface area contributed by atoms with Gasteiger partial charge in [0.2, 0.25) is 0 Å². The Hall–Kier alpha value is -1.62. The predicted molar refractivity (Wildman–Crippen MR) is 201 cm³/mol. The highest BCUT2D eigenvalue weighted by Crippen LogP contribution is 2.12. The first kappa shape index (κ1) is 44.4. The molecule has 2 amide bonds. The molecule has 0 rings (SSSR count). The lowest BCUT2D eigenvalue weighted by molar-refractivity contribution is -0.976. The minimum atomic E-state index is 0.0394. The predicted octanol–water partition coefficient (Wildman–Crippen LogP) is 12.4. The quantitative estimate of drug-likeness (QED) is 0.0311. The fourth-order valence-electron chi connectivity index (χ4n) is 5.99. The van der Waals surface area contributed by atoms with E-state index in [-0.39, 0.29) is 16.5 Å². The van der Waals surface area contributed by atoms with Crippen LogP contribution in [-0.2, 0) is 9.59 Å². The normalized spacial score (nSPS) is 13.0. The molecule has 0 spiro atoms. The monoisotopic (exact) mass is 647 g/mol. The highest BCUT2D eigenvalue weighted by Gasteiger charge is 2.26. The van der Waals surface area contributed by atoms with Crippen molar-refractivity contribution in [2.75, 3.05) is 13.6 Å². The maximum Gasteiger partial charge on any atom is 0.267 e. The van der Waals surface area contributed by atoms with Gasteiger partial charge < -0.3 is 0 Å². The average molecular weight is 647 g/mol. The molecule has 5 nitrogen and oxygen atoms in total. The molecule has 0 aliphatic carbocycles. The van der Waals surface area contributed by atoms with Crippen LogP contribution in [0.15, 0.2) is 24.3 Å². The van der Waals surface area contributed by atoms with E-state index in [1.807, 2.05) is 7.05 Å². The highest BCUT2D eigenvalue weighted by molar-refractivity contribution is 5.76. The smallest absolute Gasteiger partial charge is 0.267 e. The average Bonchev–Trinajstić information content (AvgIpc) is 3.03. The van der Waals surface area contributed by atoms with Crippen LogP contribution in [-0.4, -0.2) is 30.1 Å². The van der Waals surface area contributed by atoms with Gasteiger partial charge in [-0.1, -0.05) is 154 Å². The molecule has 0 saturated heterocycles. The third kappa shape index (κ3) is 32.3. The molecule has 0 atom stereocenters. The number of hydrogen-bond donors (Lipinski definition) is 2. The second kappa shape index (κ2) is 34.7. The summed E-state index contributed by atoms with van der Waals surface area (Å²) in [6.45, 7) is 7.40. The summed E-state index contributed by atoms with van der Waals surface area (Å²) in [5.41, 5.74) is 6.23. The lowest BCUT2D eigenvalue weighted by atomic mass is 10.1. The fourth-order valence-corrected chi connectivity index (χ4v) is 5.99. The molecule has 0 aromatic rings. The molecule has 270 valence electrons. The Labute approximate surface area is 287 Å². The van der Waals surface area contributed by atoms with Crippen molar-refractivity contribution in [3.05, 3.63) is 24.3 Å². The minimum Gasteiger partial charge on any atom is -0.270 e. The molecule has 0 aromatic carbocycles. The molecule has 0 unspecified atom stereocenters. The maximum atomic E-state index is 12.8. The summed E-state index contributed by atoms with van der Waals surface area (Å²) in [4.78, 5) is 25.5. The molecule has 0 aliphatic rings. The van der Waals surface area contributed by atoms with Gasteiger partial charge >= 0.3 is 0 Å². The van der Waals surface area contributed by atoms with Crippen LogP contribution < -0.4 is 10.9 Å². The number of nitrogens with one attached hydrogen (secondary N) is 2. The van der Waals surface area contributed by atoms with E-state index >= 15 is 0 Å². The van der Waals surface area contributed by atoms with Crippen LogP contribution in [0.1, 0.15) is 213 Å². The molecule has 0 fully saturated rings. The fraction of sp³-hybridized carbons (Fsp3) is 0.854. The van der Waals surface area contributed by atoms with Gasteiger partial charge in [-0.25, -0.2) is 0 Å². The molecule has 46 heavy (non-hydrogen) atoms. The van der Waals surface area contributed by atoms with Gasteiger partial charge in [-0.05, 0) is 64.2 Å². The standard InChI is InChI=1S/C41H79N3O2/c1-5-8-11-13-15-17-19-21-23-25-27-29-31-33-35-37-40(45)42-44(4,39-10-7-3)43-41(46)38-36-34-32-30-28-26-24-22-20-18-16-14-12-9-6-2/h21-24H,5-20,25-39H2,1-4H3,(H-,42,43,45,46)/p+1. The Bertz CT molecular complexity index is 679. The Balaban J connectivity index is 3.93. The molecule has 0 radical (unpaired) electrons. The van der Waals surface area contributed by atoms with Crippen molar-refractivity contribution in [3.63, 3.8) is 0 Å². The van der Waals surface area contributed by atoms with Gasteiger partial charge in [0.1, 0.15) is 13.6 Å². The van der Waals surface area contributed by atoms with Crippen molar-refractivity contribution in [1.29, 1.82) is 0 Å². The number of nitrogens with zero attached hydrogens (tertiary/aromatic N) is 1. The Morgan fingerprint density at radius 3 is 1.02 bits per heavy atom. The summed E-state index contributed by atoms with van der Waals surface area (Å²) in [6.07, 6.45) is 45.1. The van der Waals surface area contributed by atoms with Crippen molar-refractivity contribution in [1.82, 2.24) is 10.9 Å². The van der Waals surface area contributed by atoms with Gasteiger partial charge in [0, 0.05) is 19.3 Å². The van der Waals surface area contributed by atoms with Gasteiger partial charge in [0.25, 0.3) is 11.8 Å². The molecular formula is C41H80N3O2+. The van der Waals surface area contributed by atoms with E-state index in [0.29, 0.717) is 19.4 Å². The van der Waals surface area contributed by atoms with Crippen LogP contribution in [0.25, 0.3) is 0 Å². The Kier molecular flexibility index (Phi) is 33.5. The van der Waals surface area contributed by atoms with Crippen molar-refractivity contribution < 1.29 is 14.3 Å². The van der Waals surface area contributed by atoms with Crippen LogP contribution in [0, 0.1) is 0 Å². The summed E-state index contributed by atoms with van der Waals surface area (Å²) in [7, 11) is 1.92. The number of allylic oxidation sites excluding steroid dienone is 4. The van der Waals surface area contributed by atoms with E-state index in [4.69, 9.17) is 0 Å². The number of rotatable bonds is 35. The Morgan fingerprint density at radius 2 is 0.696 bits per heavy atom. The molecule has 2 N–H and O–H groups in total. The third-order valence-corrected chi connectivity index (χ3v) is 9.03. The van der Waals surface area contributed by atoms with E-state index in [9.17, 15) is 9.59 Å². The summed E-state index contributed by atoms with van der Waals surface area (Å²) in [6, 6.07) is 0. The zero-order valence-corrected chi connectivity index (χ0v) is 31.5. The zero-order chi connectivity index (χ0) is 33.8. The van der Waals surface area contributed by atoms with Gasteiger partial charge in [-0.2, -0.15) is 10.9 Å². The molecule has 5 heteroatoms. The number of carbonyl (C=O) groups excluding carboxylic acids is 2. The van der Waals surface area contributed by atoms with E-state index in [0.717, 1.165) is 38.5 Å². The van der Waals surface area contributed by atoms with Gasteiger partial charge in [-0.15, -0.1) is 4.70 Å². The van der Waals surface area contributed by atoms with Gasteiger partial charge in [0.15, 0.2) is 0 Å². The van der Waals surface area contributed by atoms with Gasteiger partial charge in [0.05, 0.1) is 0 Å². The van der Waals surface area contributed by atoms with Crippen LogP contribution in [0.4, 0.5) is 0 Å². The number of unbranched alkanes of at least 4 members (excludes halogenated alkanes) is 23. The number of quaternary nitrogens is 1. The van der Waals surface area contributed by atoms with E-state index in [1.54, 1.807) is 0 Å². The van der Waals surface area contributed by atoms with Crippen LogP contribution >= 0.6 is 0 Å². The van der Waals surface area contributed by atoms with E-state index in [2.05, 4.69) is 55.9 Å². The van der Waals surface area contributed by atoms with Gasteiger partial charge in [-0.3, -0.25) is 9.59 Å². The second-order valence-corrected chi connectivity index (χ2v) is 14.0. The first-order valence-corrected chi connectivity index (χ1v) is 20.2. The van der Waals surface area contributed by atoms with Crippen LogP contribution in [0.3, 0.4) is 0 Å². The molecule has 0 heterocycles. The third-order valence-electron chi connectivity index (χ3n) is 9.03. The van der Waals surface area contributed by atoms with Crippen molar-refractivity contribution in [3.8, 4) is 0 Å². The second-order valence-electron chi connectivity index (χ2n) is 14.0. The molecule has 0 bridgehead atoms. The SMILES string of the molecule is CCCCCCCCC=CCCCCCCCC(=O)N[N+](C)(CCCC)NC(=O)CCCCCCCC=CCCCCCCCC. The number of hydrogen-bond acceptors (Lipinski definition) is 2. The topological polar surface area (TPSA) is 58.2 Å². The maximum absolute atomic E-state index is 12.8. The summed E-state index contributed by atoms with van der Waals surface area (Å²) < 4.78 is 0.113. The molecule has 0 aliphatic heterocycles. The Morgan fingerprint density at radius 1 is 0.413 bits per heavy atom. The molecular weight excluding hydrogens is 566 g/mol. The van der Waals surface area contributed by atoms with Crippen LogP contribution in [0.2, 0.25) is 0 Å².